The van der Waals surface area contributed by atoms with Crippen LogP contribution in [0.15, 0.2) is 66.8 Å². The van der Waals surface area contributed by atoms with Gasteiger partial charge in [-0.05, 0) is 36.4 Å². The van der Waals surface area contributed by atoms with E-state index >= 15 is 0 Å². The molecule has 150 valence electrons. The summed E-state index contributed by atoms with van der Waals surface area (Å²) < 4.78 is 71.1. The van der Waals surface area contributed by atoms with Crippen molar-refractivity contribution in [1.29, 1.82) is 0 Å². The predicted octanol–water partition coefficient (Wildman–Crippen LogP) is 6.13. The molecule has 0 bridgehead atoms. The Morgan fingerprint density at radius 1 is 0.750 bits per heavy atom. The van der Waals surface area contributed by atoms with E-state index in [-0.39, 0.29) is 37.7 Å². The zero-order valence-electron chi connectivity index (χ0n) is 14.2. The second-order valence-corrected chi connectivity index (χ2v) is 5.10. The van der Waals surface area contributed by atoms with E-state index in [9.17, 15) is 26.3 Å². The van der Waals surface area contributed by atoms with Crippen LogP contribution in [0, 0.1) is 6.08 Å². The number of allylic oxidation sites excluding steroid dienone is 4. The van der Waals surface area contributed by atoms with Crippen molar-refractivity contribution in [2.24, 2.45) is 0 Å². The minimum absolute atomic E-state index is 0. The Bertz CT molecular complexity index is 717. The molecule has 1 aliphatic rings. The summed E-state index contributed by atoms with van der Waals surface area (Å²) in [4.78, 5) is 0. The monoisotopic (exact) mass is 479 g/mol. The van der Waals surface area contributed by atoms with Crippen molar-refractivity contribution >= 4 is 0 Å². The standard InChI is InChI=1S/2C7H5F3O.C5H5.Zr/c2*8-7(9,10)5-2-1-3-6(11)4-5;1-2-4-5-3-1;/h2*1-4,11H;1-3H,4H2;/q;;-1;. The van der Waals surface area contributed by atoms with Gasteiger partial charge in [0.05, 0.1) is 11.1 Å². The van der Waals surface area contributed by atoms with Gasteiger partial charge in [-0.2, -0.15) is 32.4 Å². The third kappa shape index (κ3) is 10.4. The van der Waals surface area contributed by atoms with Gasteiger partial charge in [-0.1, -0.05) is 12.1 Å². The van der Waals surface area contributed by atoms with E-state index < -0.39 is 23.5 Å². The van der Waals surface area contributed by atoms with Crippen molar-refractivity contribution in [3.8, 4) is 11.5 Å². The minimum atomic E-state index is -4.38. The van der Waals surface area contributed by atoms with E-state index in [0.29, 0.717) is 12.1 Å². The Kier molecular flexibility index (Phi) is 10.9. The molecule has 0 aromatic heterocycles. The van der Waals surface area contributed by atoms with E-state index in [2.05, 4.69) is 12.2 Å². The van der Waals surface area contributed by atoms with Gasteiger partial charge in [0, 0.05) is 26.2 Å². The Morgan fingerprint density at radius 3 is 1.36 bits per heavy atom. The van der Waals surface area contributed by atoms with E-state index in [0.717, 1.165) is 30.7 Å². The Hall–Kier alpha value is -2.02. The number of alkyl halides is 6. The van der Waals surface area contributed by atoms with E-state index in [1.807, 2.05) is 12.2 Å². The predicted molar refractivity (Wildman–Crippen MR) is 87.8 cm³/mol. The van der Waals surface area contributed by atoms with Crippen molar-refractivity contribution in [3.05, 3.63) is 84.0 Å². The van der Waals surface area contributed by atoms with Crippen LogP contribution in [-0.2, 0) is 38.6 Å². The molecule has 0 amide bonds. The van der Waals surface area contributed by atoms with Gasteiger partial charge in [-0.25, -0.2) is 12.2 Å². The molecule has 1 aliphatic carbocycles. The summed E-state index contributed by atoms with van der Waals surface area (Å²) in [5.74, 6) is -0.750. The molecule has 2 aromatic rings. The van der Waals surface area contributed by atoms with Crippen LogP contribution in [-0.4, -0.2) is 10.2 Å². The van der Waals surface area contributed by atoms with Gasteiger partial charge in [0.2, 0.25) is 0 Å². The minimum Gasteiger partial charge on any atom is -0.508 e. The van der Waals surface area contributed by atoms with Crippen LogP contribution in [0.1, 0.15) is 17.5 Å². The van der Waals surface area contributed by atoms with Crippen molar-refractivity contribution in [1.82, 2.24) is 0 Å². The van der Waals surface area contributed by atoms with Gasteiger partial charge in [-0.15, -0.1) is 6.42 Å². The molecule has 0 spiro atoms. The van der Waals surface area contributed by atoms with Gasteiger partial charge >= 0.3 is 12.4 Å². The number of phenolic OH excluding ortho intramolecular Hbond substituents is 2. The number of aromatic hydroxyl groups is 2. The summed E-state index contributed by atoms with van der Waals surface area (Å²) in [7, 11) is 0. The maximum absolute atomic E-state index is 11.9. The maximum atomic E-state index is 11.9. The Labute approximate surface area is 176 Å². The van der Waals surface area contributed by atoms with Crippen LogP contribution in [0.5, 0.6) is 11.5 Å². The maximum Gasteiger partial charge on any atom is 0.416 e. The van der Waals surface area contributed by atoms with Crippen LogP contribution in [0.2, 0.25) is 0 Å². The molecular formula is C19H15F6O2Zr-. The van der Waals surface area contributed by atoms with Crippen LogP contribution in [0.4, 0.5) is 26.3 Å². The van der Waals surface area contributed by atoms with Crippen molar-refractivity contribution < 1.29 is 62.8 Å². The molecule has 0 saturated heterocycles. The quantitative estimate of drug-likeness (QED) is 0.352. The molecule has 0 atom stereocenters. The second-order valence-electron chi connectivity index (χ2n) is 5.10. The average molecular weight is 481 g/mol. The molecule has 0 radical (unpaired) electrons. The summed E-state index contributed by atoms with van der Waals surface area (Å²) in [6.07, 6.45) is 1.25. The number of hydrogen-bond acceptors (Lipinski definition) is 2. The Morgan fingerprint density at radius 2 is 1.18 bits per heavy atom. The molecule has 2 nitrogen and oxygen atoms in total. The molecular weight excluding hydrogens is 465 g/mol. The summed E-state index contributed by atoms with van der Waals surface area (Å²) in [6, 6.07) is 7.85. The van der Waals surface area contributed by atoms with Gasteiger partial charge in [0.25, 0.3) is 0 Å². The van der Waals surface area contributed by atoms with Crippen LogP contribution in [0.25, 0.3) is 0 Å². The fraction of sp³-hybridized carbons (Fsp3) is 0.158. The fourth-order valence-corrected chi connectivity index (χ4v) is 1.70. The third-order valence-corrected chi connectivity index (χ3v) is 2.93. The normalized spacial score (nSPS) is 12.2. The zero-order chi connectivity index (χ0) is 20.5. The average Bonchev–Trinajstić information content (AvgIpc) is 3.14. The molecule has 9 heteroatoms. The van der Waals surface area contributed by atoms with Gasteiger partial charge in [0.1, 0.15) is 11.5 Å². The first-order valence-electron chi connectivity index (χ1n) is 7.44. The SMILES string of the molecule is Oc1cccc(C(F)(F)F)c1.Oc1cccc(C(F)(F)F)c1.[C-]1=CC=CC1.[Zr]. The van der Waals surface area contributed by atoms with Crippen molar-refractivity contribution in [2.75, 3.05) is 0 Å². The fourth-order valence-electron chi connectivity index (χ4n) is 1.70. The van der Waals surface area contributed by atoms with E-state index in [4.69, 9.17) is 10.2 Å². The van der Waals surface area contributed by atoms with Crippen LogP contribution in [0.3, 0.4) is 0 Å². The van der Waals surface area contributed by atoms with E-state index in [1.165, 1.54) is 12.1 Å². The van der Waals surface area contributed by atoms with Gasteiger partial charge in [0.15, 0.2) is 0 Å². The van der Waals surface area contributed by atoms with Crippen molar-refractivity contribution in [3.63, 3.8) is 0 Å². The first-order chi connectivity index (χ1) is 12.5. The summed E-state index contributed by atoms with van der Waals surface area (Å²) in [6.45, 7) is 0. The molecule has 0 fully saturated rings. The molecule has 28 heavy (non-hydrogen) atoms. The molecule has 0 unspecified atom stereocenters. The summed E-state index contributed by atoms with van der Waals surface area (Å²) >= 11 is 0. The topological polar surface area (TPSA) is 40.5 Å². The first kappa shape index (κ1) is 26.0. The first-order valence-corrected chi connectivity index (χ1v) is 7.44. The number of rotatable bonds is 0. The summed E-state index contributed by atoms with van der Waals surface area (Å²) in [5.41, 5.74) is -1.67. The third-order valence-electron chi connectivity index (χ3n) is 2.93. The zero-order valence-corrected chi connectivity index (χ0v) is 16.7. The molecule has 0 heterocycles. The number of hydrogen-bond donors (Lipinski definition) is 2. The van der Waals surface area contributed by atoms with Crippen LogP contribution < -0.4 is 0 Å². The molecule has 2 aromatic carbocycles. The van der Waals surface area contributed by atoms with E-state index in [1.54, 1.807) is 0 Å². The number of halogens is 6. The largest absolute Gasteiger partial charge is 0.508 e. The smallest absolute Gasteiger partial charge is 0.416 e. The number of benzene rings is 2. The molecule has 0 saturated carbocycles. The van der Waals surface area contributed by atoms with Gasteiger partial charge in [-0.3, -0.25) is 6.08 Å². The van der Waals surface area contributed by atoms with Crippen LogP contribution >= 0.6 is 0 Å². The second kappa shape index (κ2) is 11.7. The summed E-state index contributed by atoms with van der Waals surface area (Å²) in [5, 5.41) is 17.4. The Balaban J connectivity index is 0.000000408. The molecule has 2 N–H and O–H groups in total. The van der Waals surface area contributed by atoms with Gasteiger partial charge < -0.3 is 10.2 Å². The molecule has 0 aliphatic heterocycles. The van der Waals surface area contributed by atoms with Crippen molar-refractivity contribution in [2.45, 2.75) is 18.8 Å². The number of phenols is 2. The molecule has 3 rings (SSSR count).